The molecule has 0 radical (unpaired) electrons. The highest BCUT2D eigenvalue weighted by molar-refractivity contribution is 5.69. The molecular weight excluding hydrogens is 348 g/mol. The van der Waals surface area contributed by atoms with Crippen LogP contribution in [0.4, 0.5) is 0 Å². The van der Waals surface area contributed by atoms with E-state index in [9.17, 15) is 9.90 Å². The van der Waals surface area contributed by atoms with Crippen LogP contribution in [0.1, 0.15) is 91.4 Å². The van der Waals surface area contributed by atoms with E-state index < -0.39 is 0 Å². The molecule has 0 bridgehead atoms. The largest absolute Gasteiger partial charge is 0.469 e. The minimum atomic E-state index is -0.0546. The maximum absolute atomic E-state index is 11.6. The number of aliphatic hydroxyl groups is 1. The van der Waals surface area contributed by atoms with Crippen molar-refractivity contribution in [3.63, 3.8) is 0 Å². The molecule has 3 heteroatoms. The summed E-state index contributed by atoms with van der Waals surface area (Å²) in [4.78, 5) is 11.6. The van der Waals surface area contributed by atoms with Gasteiger partial charge in [-0.05, 0) is 111 Å². The molecule has 0 saturated heterocycles. The van der Waals surface area contributed by atoms with Crippen LogP contribution < -0.4 is 0 Å². The number of esters is 1. The van der Waals surface area contributed by atoms with Gasteiger partial charge in [-0.1, -0.05) is 20.8 Å². The molecule has 0 amide bonds. The van der Waals surface area contributed by atoms with Gasteiger partial charge in [-0.25, -0.2) is 0 Å². The van der Waals surface area contributed by atoms with Crippen molar-refractivity contribution in [1.29, 1.82) is 0 Å². The highest BCUT2D eigenvalue weighted by atomic mass is 16.5. The minimum absolute atomic E-state index is 0.0463. The van der Waals surface area contributed by atoms with Crippen LogP contribution in [0.15, 0.2) is 0 Å². The van der Waals surface area contributed by atoms with E-state index in [0.717, 1.165) is 48.9 Å². The van der Waals surface area contributed by atoms with Crippen molar-refractivity contribution in [1.82, 2.24) is 0 Å². The summed E-state index contributed by atoms with van der Waals surface area (Å²) in [5.41, 5.74) is 0.937. The quantitative estimate of drug-likeness (QED) is 0.636. The molecule has 160 valence electrons. The van der Waals surface area contributed by atoms with Gasteiger partial charge in [0.05, 0.1) is 13.2 Å². The highest BCUT2D eigenvalue weighted by Crippen LogP contribution is 2.68. The number of hydrogen-bond acceptors (Lipinski definition) is 3. The van der Waals surface area contributed by atoms with Gasteiger partial charge in [0, 0.05) is 6.42 Å². The zero-order valence-corrected chi connectivity index (χ0v) is 18.6. The van der Waals surface area contributed by atoms with Crippen molar-refractivity contribution < 1.29 is 14.6 Å². The molecule has 0 unspecified atom stereocenters. The standard InChI is InChI=1S/C25H42O3/c1-16(5-10-23(27)28-4)20-8-9-21-19-7-6-17-15-18(26)11-13-24(17,2)22(19)12-14-25(20,21)3/h16-22,26H,5-15H2,1-4H3/t16-,17+,18-,19-,20+,21-,22-,24-,25+/m0/s1. The van der Waals surface area contributed by atoms with Crippen LogP contribution in [-0.4, -0.2) is 24.3 Å². The van der Waals surface area contributed by atoms with Crippen LogP contribution in [0, 0.1) is 46.3 Å². The van der Waals surface area contributed by atoms with Gasteiger partial charge in [-0.15, -0.1) is 0 Å². The van der Waals surface area contributed by atoms with Crippen LogP contribution in [0.5, 0.6) is 0 Å². The van der Waals surface area contributed by atoms with Crippen LogP contribution in [-0.2, 0) is 9.53 Å². The molecule has 28 heavy (non-hydrogen) atoms. The van der Waals surface area contributed by atoms with Gasteiger partial charge >= 0.3 is 5.97 Å². The summed E-state index contributed by atoms with van der Waals surface area (Å²) in [5.74, 6) is 4.72. The van der Waals surface area contributed by atoms with Gasteiger partial charge in [0.2, 0.25) is 0 Å². The molecular formula is C25H42O3. The molecule has 4 aliphatic carbocycles. The first-order valence-corrected chi connectivity index (χ1v) is 12.0. The van der Waals surface area contributed by atoms with Crippen molar-refractivity contribution in [2.45, 2.75) is 97.5 Å². The molecule has 0 aromatic rings. The monoisotopic (exact) mass is 390 g/mol. The Labute approximate surface area is 172 Å². The normalized spacial score (nSPS) is 48.9. The van der Waals surface area contributed by atoms with E-state index in [4.69, 9.17) is 4.74 Å². The SMILES string of the molecule is COC(=O)CC[C@H](C)[C@H]1CC[C@H]2[C@@H]3CC[C@@H]4C[C@@H](O)CC[C@]4(C)[C@H]3CC[C@]12C. The minimum Gasteiger partial charge on any atom is -0.469 e. The molecule has 0 aromatic heterocycles. The number of methoxy groups -OCH3 is 1. The maximum atomic E-state index is 11.6. The topological polar surface area (TPSA) is 46.5 Å². The van der Waals surface area contributed by atoms with Gasteiger partial charge in [0.25, 0.3) is 0 Å². The second kappa shape index (κ2) is 7.60. The molecule has 4 fully saturated rings. The molecule has 4 saturated carbocycles. The number of carbonyl (C=O) groups excluding carboxylic acids is 1. The van der Waals surface area contributed by atoms with Gasteiger partial charge in [-0.3, -0.25) is 4.79 Å². The number of hydrogen-bond donors (Lipinski definition) is 1. The summed E-state index contributed by atoms with van der Waals surface area (Å²) in [7, 11) is 1.50. The van der Waals surface area contributed by atoms with Crippen molar-refractivity contribution in [2.75, 3.05) is 7.11 Å². The summed E-state index contributed by atoms with van der Waals surface area (Å²) < 4.78 is 4.88. The molecule has 1 N–H and O–H groups in total. The Kier molecular flexibility index (Phi) is 5.61. The lowest BCUT2D eigenvalue weighted by molar-refractivity contribution is -0.141. The molecule has 0 aromatic carbocycles. The lowest BCUT2D eigenvalue weighted by Gasteiger charge is -2.61. The van der Waals surface area contributed by atoms with Gasteiger partial charge in [0.15, 0.2) is 0 Å². The summed E-state index contributed by atoms with van der Waals surface area (Å²) in [6.07, 6.45) is 13.1. The molecule has 4 rings (SSSR count). The third kappa shape index (κ3) is 3.24. The average molecular weight is 391 g/mol. The maximum Gasteiger partial charge on any atom is 0.305 e. The molecule has 4 aliphatic rings. The second-order valence-corrected chi connectivity index (χ2v) is 11.4. The van der Waals surface area contributed by atoms with Crippen LogP contribution >= 0.6 is 0 Å². The number of ether oxygens (including phenoxy) is 1. The first-order chi connectivity index (χ1) is 13.3. The molecule has 9 atom stereocenters. The summed E-state index contributed by atoms with van der Waals surface area (Å²) in [6.45, 7) is 7.56. The first kappa shape index (κ1) is 20.7. The number of fused-ring (bicyclic) bond motifs is 5. The van der Waals surface area contributed by atoms with Gasteiger partial charge in [-0.2, -0.15) is 0 Å². The smallest absolute Gasteiger partial charge is 0.305 e. The fourth-order valence-corrected chi connectivity index (χ4v) is 8.86. The Morgan fingerprint density at radius 2 is 1.75 bits per heavy atom. The summed E-state index contributed by atoms with van der Waals surface area (Å²) in [5, 5.41) is 10.2. The lowest BCUT2D eigenvalue weighted by Crippen LogP contribution is -2.54. The zero-order chi connectivity index (χ0) is 20.1. The van der Waals surface area contributed by atoms with E-state index in [0.29, 0.717) is 23.2 Å². The Balaban J connectivity index is 1.48. The van der Waals surface area contributed by atoms with Crippen LogP contribution in [0.25, 0.3) is 0 Å². The summed E-state index contributed by atoms with van der Waals surface area (Å²) in [6, 6.07) is 0. The van der Waals surface area contributed by atoms with Crippen LogP contribution in [0.3, 0.4) is 0 Å². The third-order valence-electron chi connectivity index (χ3n) is 10.4. The first-order valence-electron chi connectivity index (χ1n) is 12.0. The molecule has 0 aliphatic heterocycles. The third-order valence-corrected chi connectivity index (χ3v) is 10.4. The van der Waals surface area contributed by atoms with Crippen molar-refractivity contribution >= 4 is 5.97 Å². The van der Waals surface area contributed by atoms with Crippen molar-refractivity contribution in [3.8, 4) is 0 Å². The Hall–Kier alpha value is -0.570. The average Bonchev–Trinajstić information content (AvgIpc) is 3.03. The fraction of sp³-hybridized carbons (Fsp3) is 0.960. The Bertz CT molecular complexity index is 588. The molecule has 3 nitrogen and oxygen atoms in total. The zero-order valence-electron chi connectivity index (χ0n) is 18.6. The van der Waals surface area contributed by atoms with E-state index in [2.05, 4.69) is 20.8 Å². The van der Waals surface area contributed by atoms with E-state index in [1.165, 1.54) is 52.1 Å². The predicted octanol–water partition coefficient (Wildman–Crippen LogP) is 5.60. The Morgan fingerprint density at radius 3 is 2.50 bits per heavy atom. The summed E-state index contributed by atoms with van der Waals surface area (Å²) >= 11 is 0. The van der Waals surface area contributed by atoms with E-state index in [1.807, 2.05) is 0 Å². The van der Waals surface area contributed by atoms with Crippen molar-refractivity contribution in [2.24, 2.45) is 46.3 Å². The van der Waals surface area contributed by atoms with E-state index >= 15 is 0 Å². The lowest BCUT2D eigenvalue weighted by atomic mass is 9.44. The van der Waals surface area contributed by atoms with Crippen LogP contribution in [0.2, 0.25) is 0 Å². The fourth-order valence-electron chi connectivity index (χ4n) is 8.86. The van der Waals surface area contributed by atoms with Crippen molar-refractivity contribution in [3.05, 3.63) is 0 Å². The second-order valence-electron chi connectivity index (χ2n) is 11.4. The van der Waals surface area contributed by atoms with E-state index in [1.54, 1.807) is 0 Å². The number of aliphatic hydroxyl groups excluding tert-OH is 1. The number of carbonyl (C=O) groups is 1. The number of rotatable bonds is 4. The van der Waals surface area contributed by atoms with Gasteiger partial charge in [0.1, 0.15) is 0 Å². The van der Waals surface area contributed by atoms with Gasteiger partial charge < -0.3 is 9.84 Å². The molecule has 0 spiro atoms. The predicted molar refractivity (Wildman–Crippen MR) is 112 cm³/mol. The molecule has 0 heterocycles. The Morgan fingerprint density at radius 1 is 1.04 bits per heavy atom. The van der Waals surface area contributed by atoms with E-state index in [-0.39, 0.29) is 12.1 Å². The highest BCUT2D eigenvalue weighted by Gasteiger charge is 2.60.